The molecule has 146 heavy (non-hydrogen) atoms. The van der Waals surface area contributed by atoms with Crippen LogP contribution in [0.2, 0.25) is 0 Å². The van der Waals surface area contributed by atoms with Crippen LogP contribution in [0.5, 0.6) is 0 Å². The van der Waals surface area contributed by atoms with Crippen LogP contribution in [0.15, 0.2) is 296 Å². The molecule has 23 aromatic rings. The second-order valence-electron chi connectivity index (χ2n) is 26.1. The lowest BCUT2D eigenvalue weighted by Gasteiger charge is -1.95. The van der Waals surface area contributed by atoms with E-state index in [1.54, 1.807) is 184 Å². The number of hydrogen-bond donors (Lipinski definition) is 16. The molecule has 23 aromatic heterocycles. The van der Waals surface area contributed by atoms with Crippen molar-refractivity contribution in [2.24, 2.45) is 0 Å². The van der Waals surface area contributed by atoms with Gasteiger partial charge >= 0.3 is 40.1 Å². The highest BCUT2D eigenvalue weighted by Gasteiger charge is 2.22. The van der Waals surface area contributed by atoms with Crippen LogP contribution in [0.1, 0.15) is 12.5 Å². The molecule has 74 heteroatoms. The normalized spacial score (nSPS) is 9.86. The van der Waals surface area contributed by atoms with Gasteiger partial charge in [-0.05, 0) is 73.7 Å². The monoisotopic (exact) mass is 2010 g/mol. The maximum atomic E-state index is 12.8. The third kappa shape index (κ3) is 31.2. The van der Waals surface area contributed by atoms with E-state index in [9.17, 15) is 80.0 Å². The lowest BCUT2D eigenvalue weighted by molar-refractivity contribution is -0.553. The van der Waals surface area contributed by atoms with Crippen LogP contribution in [-0.4, -0.2) is 276 Å². The van der Waals surface area contributed by atoms with Gasteiger partial charge in [-0.3, -0.25) is 122 Å². The first kappa shape index (κ1) is 104. The summed E-state index contributed by atoms with van der Waals surface area (Å²) in [4.78, 5) is 81.0. The zero-order chi connectivity index (χ0) is 104. The lowest BCUT2D eigenvalue weighted by Crippen LogP contribution is -2.07. The standard InChI is InChI=1S/C7H8N4.C6H5FN4.4C6H5N5O2.3C6H7N5.C6H6N4.C3H2N4O4.C3H3N3O2.C3H4N2.C2H4O3/c1-6-5-8-10-7(6)11-4-2-3-9-11;7-5-4-8-10-6(5)11-3-1-2-9-11;4*12-11(13)5-4-7-9-6(5)10-3-1-2-8-10;3*7-5-4-8-10-6(5)11-3-1-2-9-11;1-3-8-10(5-1)6-2-4-7-9-6;8-6(9)3-1-4-5(2-3)7(10)11;7-6(8)3-1-4-5-2-3;1-2-4-5-3-1;1-2(3)5-4/h2-5H,1H3,(H,8,10);1-4H,(H,8,10);4*1-4H,(H,7,9);3*1-4H,7H2,(H,8,10);1-5H,(H,7,9);1-2H;1-2H,(H,4,5);1-3H,(H,4,5);4H,1H3. The van der Waals surface area contributed by atoms with Gasteiger partial charge in [0.25, 0.3) is 0 Å². The summed E-state index contributed by atoms with van der Waals surface area (Å²) in [6, 6.07) is 21.3. The fraction of sp³-hybridized carbons (Fsp3) is 0.0278. The smallest absolute Gasteiger partial charge is 0.339 e. The van der Waals surface area contributed by atoms with Crippen molar-refractivity contribution in [1.82, 2.24) is 230 Å². The molecule has 0 aromatic carbocycles. The Balaban J connectivity index is 0.000000162. The van der Waals surface area contributed by atoms with E-state index in [-0.39, 0.29) is 62.3 Å². The molecule has 0 radical (unpaired) electrons. The number of carbonyl (C=O) groups excluding carboxylic acids is 1. The number of nitrogen functional groups attached to an aromatic ring is 3. The van der Waals surface area contributed by atoms with Gasteiger partial charge in [0.2, 0.25) is 29.5 Å². The number of anilines is 3. The van der Waals surface area contributed by atoms with Gasteiger partial charge < -0.3 is 32.2 Å². The van der Waals surface area contributed by atoms with E-state index < -0.39 is 52.0 Å². The predicted octanol–water partition coefficient (Wildman–Crippen LogP) is 5.36. The van der Waals surface area contributed by atoms with Gasteiger partial charge in [-0.15, -0.1) is 0 Å². The Bertz CT molecular complexity index is 6760. The molecule has 0 aliphatic carbocycles. The van der Waals surface area contributed by atoms with E-state index in [1.807, 2.05) is 61.8 Å². The summed E-state index contributed by atoms with van der Waals surface area (Å²) in [5.41, 5.74) is 18.8. The number of rotatable bonds is 17. The Labute approximate surface area is 805 Å². The van der Waals surface area contributed by atoms with Crippen LogP contribution in [0, 0.1) is 83.5 Å². The van der Waals surface area contributed by atoms with Crippen molar-refractivity contribution in [3.8, 4) is 58.2 Å². The van der Waals surface area contributed by atoms with Crippen molar-refractivity contribution in [2.75, 3.05) is 17.2 Å². The highest BCUT2D eigenvalue weighted by atomic mass is 19.1. The van der Waals surface area contributed by atoms with Gasteiger partial charge in [0.1, 0.15) is 36.8 Å². The van der Waals surface area contributed by atoms with Gasteiger partial charge in [-0.25, -0.2) is 56.0 Å². The summed E-state index contributed by atoms with van der Waals surface area (Å²) in [6.45, 7) is 3.10. The van der Waals surface area contributed by atoms with Crippen molar-refractivity contribution >= 4 is 57.2 Å². The SMILES string of the molecule is CC(=O)OO.Cc1cn[nH]c1-n1cccn1.Fc1cn[nH]c1-n1cccn1.Nc1cn[nH]c1-n1cccn1.Nc1cn[nH]c1-n1cccn1.Nc1cn[nH]c1-n1cccn1.O=[N+]([O-])c1cn[nH]c1.O=[N+]([O-])c1cn[nH]c1-n1cccn1.O=[N+]([O-])c1cn[nH]c1-n1cccn1.O=[N+]([O-])c1cn[nH]c1-n1cccn1.O=[N+]([O-])c1cn[nH]c1-n1cccn1.O=[N+]([O-])c1cnn([N+](=O)[O-])c1.c1cn[nH]c1.c1cnn(-c2ccn[nH]2)c1. The van der Waals surface area contributed by atoms with Crippen LogP contribution in [-0.2, 0) is 9.68 Å². The molecule has 0 bridgehead atoms. The van der Waals surface area contributed by atoms with Gasteiger partial charge in [0.15, 0.2) is 41.1 Å². The van der Waals surface area contributed by atoms with Crippen LogP contribution in [0.3, 0.4) is 0 Å². The fourth-order valence-corrected chi connectivity index (χ4v) is 10.2. The minimum atomic E-state index is -0.868. The van der Waals surface area contributed by atoms with Crippen molar-refractivity contribution in [2.45, 2.75) is 13.8 Å². The Kier molecular flexibility index (Phi) is 38.7. The molecular weight excluding hydrogens is 1940 g/mol. The maximum Gasteiger partial charge on any atom is 0.339 e. The highest BCUT2D eigenvalue weighted by Crippen LogP contribution is 2.23. The molecule has 0 spiro atoms. The minimum Gasteiger partial charge on any atom is -0.394 e. The number of nitrogens with one attached hydrogen (secondary N) is 12. The third-order valence-electron chi connectivity index (χ3n) is 16.5. The molecule has 0 fully saturated rings. The summed E-state index contributed by atoms with van der Waals surface area (Å²) in [5, 5.41) is 195. The van der Waals surface area contributed by atoms with E-state index in [1.165, 1.54) is 54.4 Å². The zero-order valence-electron chi connectivity index (χ0n) is 74.1. The van der Waals surface area contributed by atoms with Crippen LogP contribution >= 0.6 is 0 Å². The number of carbonyl (C=O) groups is 1. The number of aromatic nitrogens is 46. The molecule has 23 rings (SSSR count). The topological polar surface area (TPSA) is 967 Å². The molecule has 0 aliphatic rings. The molecule has 23 heterocycles. The molecular formula is C72H73FN56O17. The largest absolute Gasteiger partial charge is 0.394 e. The molecule has 750 valence electrons. The summed E-state index contributed by atoms with van der Waals surface area (Å²) in [6.07, 6.45) is 54.5. The molecule has 0 atom stereocenters. The number of hydrogen-bond acceptors (Lipinski definition) is 43. The Hall–Kier alpha value is -23.6. The van der Waals surface area contributed by atoms with Gasteiger partial charge in [0, 0.05) is 160 Å². The number of nitro groups is 7. The highest BCUT2D eigenvalue weighted by molar-refractivity contribution is 5.65. The molecule has 19 N–H and O–H groups in total. The summed E-state index contributed by atoms with van der Waals surface area (Å²) in [5.74, 6) is 4.11. The number of nitrogens with zero attached hydrogens (tertiary/aromatic N) is 41. The van der Waals surface area contributed by atoms with Gasteiger partial charge in [-0.1, -0.05) is 0 Å². The first-order valence-corrected chi connectivity index (χ1v) is 39.7. The first-order chi connectivity index (χ1) is 70.7. The molecule has 73 nitrogen and oxygen atoms in total. The van der Waals surface area contributed by atoms with Crippen molar-refractivity contribution in [3.63, 3.8) is 0 Å². The van der Waals surface area contributed by atoms with Gasteiger partial charge in [-0.2, -0.15) is 117 Å². The second kappa shape index (κ2) is 54.1. The Morgan fingerprint density at radius 2 is 0.623 bits per heavy atom. The van der Waals surface area contributed by atoms with Crippen molar-refractivity contribution in [1.29, 1.82) is 0 Å². The first-order valence-electron chi connectivity index (χ1n) is 39.7. The average Bonchev–Trinajstić information content (AvgIpc) is 1.70. The zero-order valence-corrected chi connectivity index (χ0v) is 74.1. The molecule has 0 saturated heterocycles. The molecule has 0 unspecified atom stereocenters. The molecule has 0 amide bonds. The van der Waals surface area contributed by atoms with E-state index in [0.717, 1.165) is 73.7 Å². The van der Waals surface area contributed by atoms with Crippen molar-refractivity contribution in [3.05, 3.63) is 378 Å². The maximum absolute atomic E-state index is 12.8. The van der Waals surface area contributed by atoms with Crippen LogP contribution < -0.4 is 17.2 Å². The number of halogens is 1. The second-order valence-corrected chi connectivity index (χ2v) is 26.1. The number of nitrogens with two attached hydrogens (primary N) is 3. The van der Waals surface area contributed by atoms with Crippen LogP contribution in [0.4, 0.5) is 55.6 Å². The number of H-pyrrole nitrogens is 12. The lowest BCUT2D eigenvalue weighted by atomic mass is 10.4. The van der Waals surface area contributed by atoms with E-state index in [2.05, 4.69) is 183 Å². The Morgan fingerprint density at radius 1 is 0.322 bits per heavy atom. The summed E-state index contributed by atoms with van der Waals surface area (Å²) < 4.78 is 27.9. The Morgan fingerprint density at radius 3 is 0.836 bits per heavy atom. The molecule has 0 saturated carbocycles. The summed E-state index contributed by atoms with van der Waals surface area (Å²) in [7, 11) is 0. The minimum absolute atomic E-state index is 0.00926. The quantitative estimate of drug-likeness (QED) is 0.0310. The predicted molar refractivity (Wildman–Crippen MR) is 491 cm³/mol. The number of aromatic amines is 12. The third-order valence-corrected chi connectivity index (χ3v) is 16.5. The summed E-state index contributed by atoms with van der Waals surface area (Å²) >= 11 is 0. The average molecular weight is 2010 g/mol. The molecule has 0 aliphatic heterocycles. The van der Waals surface area contributed by atoms with E-state index in [0.29, 0.717) is 34.5 Å². The van der Waals surface area contributed by atoms with Crippen molar-refractivity contribution < 1.29 is 53.9 Å². The fourth-order valence-electron chi connectivity index (χ4n) is 10.2. The number of aryl methyl sites for hydroxylation is 1. The van der Waals surface area contributed by atoms with E-state index >= 15 is 0 Å². The van der Waals surface area contributed by atoms with Gasteiger partial charge in [0.05, 0.1) is 100 Å². The van der Waals surface area contributed by atoms with Crippen LogP contribution in [0.25, 0.3) is 58.2 Å². The van der Waals surface area contributed by atoms with E-state index in [4.69, 9.17) is 22.5 Å².